The first-order chi connectivity index (χ1) is 9.09. The number of nitrogens with zero attached hydrogens (tertiary/aromatic N) is 1. The van der Waals surface area contributed by atoms with E-state index in [0.717, 1.165) is 5.01 Å². The van der Waals surface area contributed by atoms with E-state index in [9.17, 15) is 4.79 Å². The molecule has 6 heteroatoms. The summed E-state index contributed by atoms with van der Waals surface area (Å²) in [7, 11) is 0. The standard InChI is InChI=1S/C13H15N3O2S/c1-8(12-15-5-6-19-12)7-16-11-9(13(17)18)3-2-4-10(11)14/h2-6,8,16H,7,14H2,1H3,(H,17,18). The zero-order chi connectivity index (χ0) is 13.8. The predicted octanol–water partition coefficient (Wildman–Crippen LogP) is 2.64. The van der Waals surface area contributed by atoms with Crippen molar-refractivity contribution < 1.29 is 9.90 Å². The lowest BCUT2D eigenvalue weighted by molar-refractivity contribution is 0.0698. The third-order valence-electron chi connectivity index (χ3n) is 2.79. The summed E-state index contributed by atoms with van der Waals surface area (Å²) in [6.07, 6.45) is 1.76. The summed E-state index contributed by atoms with van der Waals surface area (Å²) >= 11 is 1.58. The van der Waals surface area contributed by atoms with Gasteiger partial charge in [-0.2, -0.15) is 0 Å². The van der Waals surface area contributed by atoms with Crippen LogP contribution in [0.5, 0.6) is 0 Å². The van der Waals surface area contributed by atoms with Crippen LogP contribution in [0.2, 0.25) is 0 Å². The molecular formula is C13H15N3O2S. The number of carboxylic acids is 1. The summed E-state index contributed by atoms with van der Waals surface area (Å²) < 4.78 is 0. The van der Waals surface area contributed by atoms with Crippen LogP contribution in [0.1, 0.15) is 28.2 Å². The van der Waals surface area contributed by atoms with E-state index in [0.29, 0.717) is 17.9 Å². The number of hydrogen-bond donors (Lipinski definition) is 3. The summed E-state index contributed by atoms with van der Waals surface area (Å²) in [5, 5.41) is 15.2. The molecule has 1 aromatic carbocycles. The van der Waals surface area contributed by atoms with Gasteiger partial charge in [0.2, 0.25) is 0 Å². The van der Waals surface area contributed by atoms with E-state index in [-0.39, 0.29) is 11.5 Å². The van der Waals surface area contributed by atoms with Gasteiger partial charge in [-0.3, -0.25) is 0 Å². The van der Waals surface area contributed by atoms with Crippen LogP contribution in [0.3, 0.4) is 0 Å². The Morgan fingerprint density at radius 2 is 2.37 bits per heavy atom. The second-order valence-electron chi connectivity index (χ2n) is 4.23. The molecule has 4 N–H and O–H groups in total. The molecule has 1 aromatic heterocycles. The number of benzene rings is 1. The molecule has 0 aliphatic carbocycles. The van der Waals surface area contributed by atoms with Gasteiger partial charge in [0.25, 0.3) is 0 Å². The Morgan fingerprint density at radius 1 is 1.58 bits per heavy atom. The van der Waals surface area contributed by atoms with Gasteiger partial charge >= 0.3 is 5.97 Å². The molecule has 0 saturated heterocycles. The molecule has 0 aliphatic rings. The highest BCUT2D eigenvalue weighted by molar-refractivity contribution is 7.09. The van der Waals surface area contributed by atoms with Gasteiger partial charge in [0.15, 0.2) is 0 Å². The maximum atomic E-state index is 11.1. The van der Waals surface area contributed by atoms with Gasteiger partial charge in [0, 0.05) is 24.0 Å². The molecule has 100 valence electrons. The van der Waals surface area contributed by atoms with E-state index in [1.165, 1.54) is 6.07 Å². The lowest BCUT2D eigenvalue weighted by Crippen LogP contribution is -2.14. The zero-order valence-electron chi connectivity index (χ0n) is 10.5. The van der Waals surface area contributed by atoms with Gasteiger partial charge in [-0.25, -0.2) is 9.78 Å². The molecule has 0 saturated carbocycles. The zero-order valence-corrected chi connectivity index (χ0v) is 11.3. The molecule has 0 bridgehead atoms. The maximum absolute atomic E-state index is 11.1. The van der Waals surface area contributed by atoms with Gasteiger partial charge in [-0.15, -0.1) is 11.3 Å². The number of aromatic nitrogens is 1. The van der Waals surface area contributed by atoms with Gasteiger partial charge in [-0.05, 0) is 12.1 Å². The number of hydrogen-bond acceptors (Lipinski definition) is 5. The van der Waals surface area contributed by atoms with Crippen LogP contribution in [0.25, 0.3) is 0 Å². The van der Waals surface area contributed by atoms with E-state index in [2.05, 4.69) is 10.3 Å². The second-order valence-corrected chi connectivity index (χ2v) is 5.15. The Kier molecular flexibility index (Phi) is 4.01. The first kappa shape index (κ1) is 13.4. The van der Waals surface area contributed by atoms with Crippen molar-refractivity contribution in [1.29, 1.82) is 0 Å². The number of nitrogens with one attached hydrogen (secondary N) is 1. The van der Waals surface area contributed by atoms with Gasteiger partial charge in [0.1, 0.15) is 0 Å². The number of nitrogen functional groups attached to an aromatic ring is 1. The molecule has 0 radical (unpaired) electrons. The van der Waals surface area contributed by atoms with E-state index < -0.39 is 5.97 Å². The molecular weight excluding hydrogens is 262 g/mol. The van der Waals surface area contributed by atoms with Crippen LogP contribution in [-0.4, -0.2) is 22.6 Å². The van der Waals surface area contributed by atoms with Crippen molar-refractivity contribution in [2.75, 3.05) is 17.6 Å². The number of para-hydroxylation sites is 1. The van der Waals surface area contributed by atoms with Crippen molar-refractivity contribution in [2.24, 2.45) is 0 Å². The SMILES string of the molecule is CC(CNc1c(N)cccc1C(=O)O)c1nccs1. The summed E-state index contributed by atoms with van der Waals surface area (Å²) in [6.45, 7) is 2.62. The van der Waals surface area contributed by atoms with Crippen LogP contribution < -0.4 is 11.1 Å². The minimum Gasteiger partial charge on any atom is -0.478 e. The van der Waals surface area contributed by atoms with Crippen molar-refractivity contribution in [3.8, 4) is 0 Å². The molecule has 0 spiro atoms. The highest BCUT2D eigenvalue weighted by Crippen LogP contribution is 2.25. The van der Waals surface area contributed by atoms with Crippen LogP contribution in [0.4, 0.5) is 11.4 Å². The van der Waals surface area contributed by atoms with Gasteiger partial charge in [0.05, 0.1) is 21.9 Å². The molecule has 1 atom stereocenters. The quantitative estimate of drug-likeness (QED) is 0.731. The fourth-order valence-electron chi connectivity index (χ4n) is 1.77. The van der Waals surface area contributed by atoms with Crippen LogP contribution >= 0.6 is 11.3 Å². The highest BCUT2D eigenvalue weighted by atomic mass is 32.1. The Morgan fingerprint density at radius 3 is 3.00 bits per heavy atom. The monoisotopic (exact) mass is 277 g/mol. The van der Waals surface area contributed by atoms with Crippen LogP contribution in [0, 0.1) is 0 Å². The lowest BCUT2D eigenvalue weighted by Gasteiger charge is -2.15. The van der Waals surface area contributed by atoms with Crippen molar-refractivity contribution in [2.45, 2.75) is 12.8 Å². The van der Waals surface area contributed by atoms with E-state index in [1.54, 1.807) is 29.7 Å². The van der Waals surface area contributed by atoms with Gasteiger partial charge < -0.3 is 16.2 Å². The Hall–Kier alpha value is -2.08. The molecule has 2 aromatic rings. The Balaban J connectivity index is 2.13. The molecule has 0 aliphatic heterocycles. The van der Waals surface area contributed by atoms with E-state index in [1.807, 2.05) is 12.3 Å². The maximum Gasteiger partial charge on any atom is 0.337 e. The third kappa shape index (κ3) is 3.03. The minimum atomic E-state index is -0.989. The predicted molar refractivity (Wildman–Crippen MR) is 76.8 cm³/mol. The fourth-order valence-corrected chi connectivity index (χ4v) is 2.46. The fraction of sp³-hybridized carbons (Fsp3) is 0.231. The molecule has 19 heavy (non-hydrogen) atoms. The van der Waals surface area contributed by atoms with Crippen LogP contribution in [0.15, 0.2) is 29.8 Å². The third-order valence-corrected chi connectivity index (χ3v) is 3.79. The Bertz CT molecular complexity index is 569. The number of carboxylic acid groups (broad SMARTS) is 1. The number of carbonyl (C=O) groups is 1. The molecule has 1 heterocycles. The topological polar surface area (TPSA) is 88.2 Å². The lowest BCUT2D eigenvalue weighted by atomic mass is 10.1. The van der Waals surface area contributed by atoms with Gasteiger partial charge in [-0.1, -0.05) is 13.0 Å². The molecule has 5 nitrogen and oxygen atoms in total. The number of rotatable bonds is 5. The van der Waals surface area contributed by atoms with Crippen molar-refractivity contribution in [3.05, 3.63) is 40.3 Å². The van der Waals surface area contributed by atoms with Crippen molar-refractivity contribution >= 4 is 28.7 Å². The highest BCUT2D eigenvalue weighted by Gasteiger charge is 2.14. The summed E-state index contributed by atoms with van der Waals surface area (Å²) in [5.41, 5.74) is 6.92. The first-order valence-corrected chi connectivity index (χ1v) is 6.72. The first-order valence-electron chi connectivity index (χ1n) is 5.84. The summed E-state index contributed by atoms with van der Waals surface area (Å²) in [5.74, 6) is -0.794. The number of anilines is 2. The molecule has 0 fully saturated rings. The van der Waals surface area contributed by atoms with Crippen molar-refractivity contribution in [3.63, 3.8) is 0 Å². The summed E-state index contributed by atoms with van der Waals surface area (Å²) in [4.78, 5) is 15.4. The van der Waals surface area contributed by atoms with E-state index in [4.69, 9.17) is 10.8 Å². The summed E-state index contributed by atoms with van der Waals surface area (Å²) in [6, 6.07) is 4.85. The van der Waals surface area contributed by atoms with Crippen molar-refractivity contribution in [1.82, 2.24) is 4.98 Å². The Labute approximate surface area is 115 Å². The number of thiazole rings is 1. The molecule has 1 unspecified atom stereocenters. The smallest absolute Gasteiger partial charge is 0.337 e. The molecule has 2 rings (SSSR count). The average molecular weight is 277 g/mol. The average Bonchev–Trinajstić information content (AvgIpc) is 2.90. The number of nitrogens with two attached hydrogens (primary N) is 1. The normalized spacial score (nSPS) is 12.1. The van der Waals surface area contributed by atoms with Crippen LogP contribution in [-0.2, 0) is 0 Å². The molecule has 0 amide bonds. The second kappa shape index (κ2) is 5.71. The largest absolute Gasteiger partial charge is 0.478 e. The minimum absolute atomic E-state index is 0.186. The number of aromatic carboxylic acids is 1. The van der Waals surface area contributed by atoms with E-state index >= 15 is 0 Å².